The van der Waals surface area contributed by atoms with E-state index in [1.54, 1.807) is 0 Å². The largest absolute Gasteiger partial charge is 0.456 e. The Morgan fingerprint density at radius 2 is 0.576 bits per heavy atom. The minimum absolute atomic E-state index is 0.896. The number of fused-ring (bicyclic) bond motifs is 20. The van der Waals surface area contributed by atoms with Crippen LogP contribution in [0.15, 0.2) is 399 Å². The normalized spacial score (nSPS) is 12.2. The van der Waals surface area contributed by atoms with E-state index in [-0.39, 0.29) is 0 Å². The molecular weight excluding hydrogens is 1430 g/mol. The van der Waals surface area contributed by atoms with Crippen LogP contribution in [0.25, 0.3) is 260 Å². The number of hydrogen-bond donors (Lipinski definition) is 0. The molecular formula is C112H65N5O. The van der Waals surface area contributed by atoms with Gasteiger partial charge in [0.25, 0.3) is 0 Å². The third-order valence-corrected chi connectivity index (χ3v) is 25.5. The fourth-order valence-electron chi connectivity index (χ4n) is 20.1. The fraction of sp³-hybridized carbons (Fsp3) is 0. The molecule has 0 spiro atoms. The first-order chi connectivity index (χ1) is 58.5. The van der Waals surface area contributed by atoms with Crippen LogP contribution in [0.4, 0.5) is 0 Å². The van der Waals surface area contributed by atoms with Crippen molar-refractivity contribution in [2.24, 2.45) is 0 Å². The quantitative estimate of drug-likeness (QED) is 0.137. The molecule has 0 atom stereocenters. The van der Waals surface area contributed by atoms with Crippen LogP contribution >= 0.6 is 0 Å². The molecule has 6 aromatic heterocycles. The summed E-state index contributed by atoms with van der Waals surface area (Å²) >= 11 is 0. The van der Waals surface area contributed by atoms with E-state index in [1.165, 1.54) is 115 Å². The van der Waals surface area contributed by atoms with Crippen LogP contribution in [-0.4, -0.2) is 23.7 Å². The topological polar surface area (TPSA) is 53.7 Å². The van der Waals surface area contributed by atoms with Gasteiger partial charge < -0.3 is 18.1 Å². The van der Waals surface area contributed by atoms with Crippen molar-refractivity contribution in [3.63, 3.8) is 0 Å². The van der Waals surface area contributed by atoms with Gasteiger partial charge in [0, 0.05) is 82.1 Å². The molecule has 6 heteroatoms. The number of aromatic nitrogens is 5. The van der Waals surface area contributed by atoms with Gasteiger partial charge >= 0.3 is 0 Å². The summed E-state index contributed by atoms with van der Waals surface area (Å²) < 4.78 is 13.7. The average molecular weight is 1500 g/mol. The molecule has 18 aromatic carbocycles. The maximum atomic E-state index is 6.42. The molecule has 0 fully saturated rings. The van der Waals surface area contributed by atoms with Crippen molar-refractivity contribution in [1.82, 2.24) is 23.7 Å². The maximum absolute atomic E-state index is 6.42. The SMILES string of the molecule is c1ccc(-c2cccc(-n3c4ccc(-c5ccc(-c6cc7c8c(cccc8n6)-c6ccccc6-7)cc5)cc4c4cc(-c5ccc6c(c5)c5cc(-c7cccc8c7-c7cccc9nc(-c%10ccc(-n%11c%12ccccc%12c%12cc(-c%13ccc%14oc%15ccc%16ccccc%16c%15c%14c%13)ccc%12%11)cc%10)cc-8c79)ccc5n6-c5ccccc5)ccc43)c2)cc1. The lowest BCUT2D eigenvalue weighted by atomic mass is 9.92. The minimum Gasteiger partial charge on any atom is -0.456 e. The van der Waals surface area contributed by atoms with Crippen LogP contribution in [0, 0.1) is 0 Å². The standard InChI is InChI=1S/C112H65N5O/c1-3-17-66(18-4-1)71-20-13-23-80(57-71)117-105-50-41-72(67-35-37-69(38-36-67)99-64-94-84-26-10-9-25-83(84)86-30-15-32-97(113-99)110(86)94)58-90(105)91-60-75(44-53-106(91)117)74-43-52-103-92(61-74)93-63-77(45-54-104(93)115(103)78-21-5-2-6-22-78)82-28-14-29-87-95-65-100(114-98-33-16-31-88(109(82)87)111(95)98)70-39-48-79(49-40-70)116-101-34-12-11-27-85(101)89-59-73(42-51-102(89)116)76-47-55-107-96(62-76)112-81-24-8-7-19-68(81)46-56-108(112)118-107/h1-65H. The molecule has 6 nitrogen and oxygen atoms in total. The molecule has 0 saturated heterocycles. The van der Waals surface area contributed by atoms with Gasteiger partial charge in [0.2, 0.25) is 0 Å². The van der Waals surface area contributed by atoms with Crippen LogP contribution in [0.2, 0.25) is 0 Å². The van der Waals surface area contributed by atoms with Crippen LogP contribution in [0.5, 0.6) is 0 Å². The molecule has 0 saturated carbocycles. The van der Waals surface area contributed by atoms with E-state index in [0.29, 0.717) is 0 Å². The van der Waals surface area contributed by atoms with E-state index >= 15 is 0 Å². The summed E-state index contributed by atoms with van der Waals surface area (Å²) in [6, 6.07) is 145. The highest BCUT2D eigenvalue weighted by Crippen LogP contribution is 2.54. The molecule has 0 bridgehead atoms. The zero-order valence-electron chi connectivity index (χ0n) is 63.7. The van der Waals surface area contributed by atoms with Gasteiger partial charge in [0.15, 0.2) is 0 Å². The highest BCUT2D eigenvalue weighted by Gasteiger charge is 2.29. The van der Waals surface area contributed by atoms with Crippen molar-refractivity contribution >= 4 is 120 Å². The Kier molecular flexibility index (Phi) is 13.6. The van der Waals surface area contributed by atoms with E-state index in [9.17, 15) is 0 Å². The highest BCUT2D eigenvalue weighted by atomic mass is 16.3. The second-order valence-electron chi connectivity index (χ2n) is 31.8. The van der Waals surface area contributed by atoms with E-state index in [4.69, 9.17) is 14.4 Å². The van der Waals surface area contributed by atoms with Gasteiger partial charge in [-0.05, 0) is 257 Å². The second kappa shape index (κ2) is 24.9. The number of nitrogens with zero attached hydrogens (tertiary/aromatic N) is 5. The zero-order valence-corrected chi connectivity index (χ0v) is 63.7. The van der Waals surface area contributed by atoms with Gasteiger partial charge in [-0.25, -0.2) is 9.97 Å². The van der Waals surface area contributed by atoms with Gasteiger partial charge in [-0.2, -0.15) is 0 Å². The van der Waals surface area contributed by atoms with Gasteiger partial charge in [-0.1, -0.05) is 249 Å². The third kappa shape index (κ3) is 9.63. The summed E-state index contributed by atoms with van der Waals surface area (Å²) in [6.07, 6.45) is 0. The number of furan rings is 1. The first kappa shape index (κ1) is 64.7. The molecule has 2 aliphatic carbocycles. The van der Waals surface area contributed by atoms with Gasteiger partial charge in [-0.15, -0.1) is 0 Å². The number of benzene rings is 18. The van der Waals surface area contributed by atoms with E-state index < -0.39 is 0 Å². The Bertz CT molecular complexity index is 8470. The molecule has 0 N–H and O–H groups in total. The van der Waals surface area contributed by atoms with E-state index in [1.807, 2.05) is 0 Å². The number of pyridine rings is 2. The molecule has 26 rings (SSSR count). The number of hydrogen-bond acceptors (Lipinski definition) is 3. The lowest BCUT2D eigenvalue weighted by molar-refractivity contribution is 0.669. The maximum Gasteiger partial charge on any atom is 0.136 e. The predicted molar refractivity (Wildman–Crippen MR) is 492 cm³/mol. The fourth-order valence-corrected chi connectivity index (χ4v) is 20.1. The van der Waals surface area contributed by atoms with Gasteiger partial charge in [-0.3, -0.25) is 0 Å². The molecule has 24 aromatic rings. The Hall–Kier alpha value is -15.8. The summed E-state index contributed by atoms with van der Waals surface area (Å²) in [7, 11) is 0. The lowest BCUT2D eigenvalue weighted by Gasteiger charge is -2.12. The van der Waals surface area contributed by atoms with Crippen molar-refractivity contribution < 1.29 is 4.42 Å². The zero-order chi connectivity index (χ0) is 77.0. The van der Waals surface area contributed by atoms with Crippen molar-refractivity contribution in [3.8, 4) is 140 Å². The predicted octanol–water partition coefficient (Wildman–Crippen LogP) is 30.1. The second-order valence-corrected chi connectivity index (χ2v) is 31.8. The first-order valence-corrected chi connectivity index (χ1v) is 40.6. The Morgan fingerprint density at radius 3 is 1.24 bits per heavy atom. The number of para-hydroxylation sites is 2. The molecule has 6 heterocycles. The van der Waals surface area contributed by atoms with Crippen molar-refractivity contribution in [1.29, 1.82) is 0 Å². The summed E-state index contributed by atoms with van der Waals surface area (Å²) in [6.45, 7) is 0. The third-order valence-electron chi connectivity index (χ3n) is 25.5. The van der Waals surface area contributed by atoms with Crippen LogP contribution in [0.1, 0.15) is 0 Å². The lowest BCUT2D eigenvalue weighted by Crippen LogP contribution is -1.94. The molecule has 0 radical (unpaired) electrons. The van der Waals surface area contributed by atoms with Gasteiger partial charge in [0.05, 0.1) is 55.5 Å². The van der Waals surface area contributed by atoms with Crippen LogP contribution < -0.4 is 0 Å². The van der Waals surface area contributed by atoms with E-state index in [2.05, 4.69) is 408 Å². The van der Waals surface area contributed by atoms with Crippen molar-refractivity contribution in [3.05, 3.63) is 394 Å². The van der Waals surface area contributed by atoms with Crippen molar-refractivity contribution in [2.45, 2.75) is 0 Å². The average Bonchev–Trinajstić information content (AvgIpc) is 1.56. The number of rotatable bonds is 10. The molecule has 0 amide bonds. The van der Waals surface area contributed by atoms with Crippen molar-refractivity contribution in [2.75, 3.05) is 0 Å². The molecule has 2 aliphatic rings. The monoisotopic (exact) mass is 1500 g/mol. The Labute approximate surface area is 677 Å². The Morgan fingerprint density at radius 1 is 0.186 bits per heavy atom. The summed E-state index contributed by atoms with van der Waals surface area (Å²) in [5.74, 6) is 0. The summed E-state index contributed by atoms with van der Waals surface area (Å²) in [5.41, 5.74) is 39.7. The van der Waals surface area contributed by atoms with Crippen LogP contribution in [0.3, 0.4) is 0 Å². The summed E-state index contributed by atoms with van der Waals surface area (Å²) in [5, 5.41) is 14.3. The smallest absolute Gasteiger partial charge is 0.136 e. The highest BCUT2D eigenvalue weighted by molar-refractivity contribution is 6.22. The molecule has 0 aliphatic heterocycles. The Balaban J connectivity index is 0.561. The summed E-state index contributed by atoms with van der Waals surface area (Å²) in [4.78, 5) is 10.8. The van der Waals surface area contributed by atoms with Gasteiger partial charge in [0.1, 0.15) is 11.2 Å². The molecule has 544 valence electrons. The van der Waals surface area contributed by atoms with Crippen LogP contribution in [-0.2, 0) is 0 Å². The first-order valence-electron chi connectivity index (χ1n) is 40.6. The molecule has 0 unspecified atom stereocenters. The molecule has 118 heavy (non-hydrogen) atoms. The minimum atomic E-state index is 0.896. The van der Waals surface area contributed by atoms with E-state index in [0.717, 1.165) is 145 Å².